The molecule has 2 aromatic rings. The standard InChI is InChI=1S/C20H22BrNO4/c1-12-10-18(13(2)22(12)16-6-7-16)19(23)11-25-20(24)14(3)26-17-8-4-15(21)5-9-17/h4-5,8-10,14,16H,6-7,11H2,1-3H3/t14-/m0/s1. The number of Topliss-reactive ketones (excluding diaryl/α,β-unsaturated/α-hetero) is 1. The monoisotopic (exact) mass is 419 g/mol. The van der Waals surface area contributed by atoms with Crippen LogP contribution in [0.15, 0.2) is 34.8 Å². The van der Waals surface area contributed by atoms with Crippen LogP contribution in [0.1, 0.15) is 47.6 Å². The van der Waals surface area contributed by atoms with Crippen LogP contribution in [0.25, 0.3) is 0 Å². The Morgan fingerprint density at radius 2 is 1.88 bits per heavy atom. The van der Waals surface area contributed by atoms with E-state index in [1.807, 2.05) is 32.0 Å². The molecule has 0 amide bonds. The van der Waals surface area contributed by atoms with E-state index in [9.17, 15) is 9.59 Å². The van der Waals surface area contributed by atoms with Crippen LogP contribution in [-0.4, -0.2) is 29.0 Å². The zero-order valence-electron chi connectivity index (χ0n) is 15.1. The Morgan fingerprint density at radius 3 is 2.50 bits per heavy atom. The molecule has 1 saturated carbocycles. The number of ketones is 1. The summed E-state index contributed by atoms with van der Waals surface area (Å²) >= 11 is 3.34. The van der Waals surface area contributed by atoms with E-state index in [0.29, 0.717) is 17.4 Å². The van der Waals surface area contributed by atoms with Crippen molar-refractivity contribution < 1.29 is 19.1 Å². The van der Waals surface area contributed by atoms with E-state index in [1.165, 1.54) is 0 Å². The zero-order chi connectivity index (χ0) is 18.8. The largest absolute Gasteiger partial charge is 0.479 e. The molecule has 0 bridgehead atoms. The molecule has 1 aliphatic rings. The number of carbonyl (C=O) groups excluding carboxylic acids is 2. The Morgan fingerprint density at radius 1 is 1.23 bits per heavy atom. The second-order valence-electron chi connectivity index (χ2n) is 6.63. The maximum Gasteiger partial charge on any atom is 0.347 e. The van der Waals surface area contributed by atoms with E-state index in [0.717, 1.165) is 28.7 Å². The summed E-state index contributed by atoms with van der Waals surface area (Å²) in [6.07, 6.45) is 1.52. The van der Waals surface area contributed by atoms with Crippen molar-refractivity contribution in [1.82, 2.24) is 4.57 Å². The molecular formula is C20H22BrNO4. The predicted octanol–water partition coefficient (Wildman–Crippen LogP) is 4.40. The second-order valence-corrected chi connectivity index (χ2v) is 7.55. The SMILES string of the molecule is Cc1cc(C(=O)COC(=O)[C@H](C)Oc2ccc(Br)cc2)c(C)n1C1CC1. The molecular weight excluding hydrogens is 398 g/mol. The highest BCUT2D eigenvalue weighted by Gasteiger charge is 2.28. The number of hydrogen-bond donors (Lipinski definition) is 0. The highest BCUT2D eigenvalue weighted by Crippen LogP contribution is 2.38. The van der Waals surface area contributed by atoms with Gasteiger partial charge in [0, 0.05) is 27.5 Å². The first-order valence-electron chi connectivity index (χ1n) is 8.67. The van der Waals surface area contributed by atoms with E-state index in [4.69, 9.17) is 9.47 Å². The van der Waals surface area contributed by atoms with Gasteiger partial charge in [-0.1, -0.05) is 15.9 Å². The van der Waals surface area contributed by atoms with Crippen LogP contribution in [-0.2, 0) is 9.53 Å². The summed E-state index contributed by atoms with van der Waals surface area (Å²) in [4.78, 5) is 24.6. The molecule has 3 rings (SSSR count). The molecule has 0 radical (unpaired) electrons. The number of aromatic nitrogens is 1. The van der Waals surface area contributed by atoms with Crippen LogP contribution in [0.4, 0.5) is 0 Å². The van der Waals surface area contributed by atoms with Crippen LogP contribution < -0.4 is 4.74 Å². The van der Waals surface area contributed by atoms with Gasteiger partial charge in [0.05, 0.1) is 0 Å². The Hall–Kier alpha value is -2.08. The number of nitrogens with zero attached hydrogens (tertiary/aromatic N) is 1. The Labute approximate surface area is 161 Å². The number of aryl methyl sites for hydroxylation is 1. The second kappa shape index (κ2) is 7.66. The summed E-state index contributed by atoms with van der Waals surface area (Å²) < 4.78 is 13.8. The number of halogens is 1. The summed E-state index contributed by atoms with van der Waals surface area (Å²) in [5, 5.41) is 0. The maximum atomic E-state index is 12.5. The van der Waals surface area contributed by atoms with Crippen molar-refractivity contribution in [3.8, 4) is 5.75 Å². The molecule has 1 fully saturated rings. The van der Waals surface area contributed by atoms with Gasteiger partial charge in [-0.25, -0.2) is 4.79 Å². The molecule has 1 heterocycles. The summed E-state index contributed by atoms with van der Waals surface area (Å²) in [7, 11) is 0. The topological polar surface area (TPSA) is 57.5 Å². The van der Waals surface area contributed by atoms with Crippen LogP contribution >= 0.6 is 15.9 Å². The van der Waals surface area contributed by atoms with Crippen molar-refractivity contribution >= 4 is 27.7 Å². The average Bonchev–Trinajstić information content (AvgIpc) is 3.39. The smallest absolute Gasteiger partial charge is 0.347 e. The average molecular weight is 420 g/mol. The third-order valence-electron chi connectivity index (χ3n) is 4.50. The van der Waals surface area contributed by atoms with E-state index >= 15 is 0 Å². The lowest BCUT2D eigenvalue weighted by Crippen LogP contribution is -2.28. The molecule has 1 aromatic carbocycles. The third kappa shape index (κ3) is 4.18. The lowest BCUT2D eigenvalue weighted by molar-refractivity contribution is -0.149. The van der Waals surface area contributed by atoms with Crippen LogP contribution in [0, 0.1) is 13.8 Å². The fourth-order valence-corrected chi connectivity index (χ4v) is 3.32. The Balaban J connectivity index is 1.56. The van der Waals surface area contributed by atoms with Crippen LogP contribution in [0.2, 0.25) is 0 Å². The molecule has 26 heavy (non-hydrogen) atoms. The zero-order valence-corrected chi connectivity index (χ0v) is 16.7. The normalized spacial score (nSPS) is 14.8. The first kappa shape index (κ1) is 18.7. The summed E-state index contributed by atoms with van der Waals surface area (Å²) in [5.74, 6) is -0.177. The van der Waals surface area contributed by atoms with E-state index in [-0.39, 0.29) is 12.4 Å². The maximum absolute atomic E-state index is 12.5. The summed E-state index contributed by atoms with van der Waals surface area (Å²) in [5.41, 5.74) is 2.65. The van der Waals surface area contributed by atoms with Gasteiger partial charge < -0.3 is 14.0 Å². The number of esters is 1. The number of hydrogen-bond acceptors (Lipinski definition) is 4. The van der Waals surface area contributed by atoms with E-state index in [2.05, 4.69) is 20.5 Å². The van der Waals surface area contributed by atoms with Crippen molar-refractivity contribution in [2.75, 3.05) is 6.61 Å². The fourth-order valence-electron chi connectivity index (χ4n) is 3.05. The highest BCUT2D eigenvalue weighted by molar-refractivity contribution is 9.10. The van der Waals surface area contributed by atoms with Gasteiger partial charge in [-0.3, -0.25) is 4.79 Å². The van der Waals surface area contributed by atoms with Gasteiger partial charge in [-0.05, 0) is 63.9 Å². The Kier molecular flexibility index (Phi) is 5.51. The Bertz CT molecular complexity index is 821. The highest BCUT2D eigenvalue weighted by atomic mass is 79.9. The molecule has 138 valence electrons. The minimum absolute atomic E-state index is 0.186. The van der Waals surface area contributed by atoms with Crippen molar-refractivity contribution in [2.45, 2.75) is 45.8 Å². The minimum atomic E-state index is -0.789. The molecule has 0 N–H and O–H groups in total. The number of ether oxygens (including phenoxy) is 2. The van der Waals surface area contributed by atoms with Gasteiger partial charge in [0.15, 0.2) is 12.7 Å². The number of rotatable bonds is 7. The van der Waals surface area contributed by atoms with Crippen molar-refractivity contribution in [3.63, 3.8) is 0 Å². The van der Waals surface area contributed by atoms with E-state index < -0.39 is 12.1 Å². The first-order chi connectivity index (χ1) is 12.4. The van der Waals surface area contributed by atoms with Gasteiger partial charge >= 0.3 is 5.97 Å². The van der Waals surface area contributed by atoms with Gasteiger partial charge in [0.1, 0.15) is 5.75 Å². The molecule has 0 unspecified atom stereocenters. The lowest BCUT2D eigenvalue weighted by atomic mass is 10.1. The van der Waals surface area contributed by atoms with Crippen LogP contribution in [0.3, 0.4) is 0 Å². The molecule has 0 saturated heterocycles. The molecule has 5 nitrogen and oxygen atoms in total. The number of carbonyl (C=O) groups is 2. The number of benzene rings is 1. The molecule has 0 aliphatic heterocycles. The molecule has 0 spiro atoms. The molecule has 1 aromatic heterocycles. The summed E-state index contributed by atoms with van der Waals surface area (Å²) in [6.45, 7) is 5.28. The van der Waals surface area contributed by atoms with Gasteiger partial charge in [0.2, 0.25) is 5.78 Å². The molecule has 6 heteroatoms. The molecule has 1 aliphatic carbocycles. The quantitative estimate of drug-likeness (QED) is 0.492. The van der Waals surface area contributed by atoms with Crippen molar-refractivity contribution in [3.05, 3.63) is 51.8 Å². The third-order valence-corrected chi connectivity index (χ3v) is 5.03. The van der Waals surface area contributed by atoms with Crippen LogP contribution in [0.5, 0.6) is 5.75 Å². The molecule has 1 atom stereocenters. The van der Waals surface area contributed by atoms with Gasteiger partial charge in [-0.15, -0.1) is 0 Å². The van der Waals surface area contributed by atoms with Gasteiger partial charge in [-0.2, -0.15) is 0 Å². The first-order valence-corrected chi connectivity index (χ1v) is 9.46. The van der Waals surface area contributed by atoms with E-state index in [1.54, 1.807) is 19.1 Å². The van der Waals surface area contributed by atoms with Crippen molar-refractivity contribution in [2.24, 2.45) is 0 Å². The minimum Gasteiger partial charge on any atom is -0.479 e. The van der Waals surface area contributed by atoms with Gasteiger partial charge in [0.25, 0.3) is 0 Å². The van der Waals surface area contributed by atoms with Crippen molar-refractivity contribution in [1.29, 1.82) is 0 Å². The lowest BCUT2D eigenvalue weighted by Gasteiger charge is -2.14. The summed E-state index contributed by atoms with van der Waals surface area (Å²) in [6, 6.07) is 9.56. The predicted molar refractivity (Wildman–Crippen MR) is 102 cm³/mol. The fraction of sp³-hybridized carbons (Fsp3) is 0.400.